The van der Waals surface area contributed by atoms with Crippen LogP contribution in [0.25, 0.3) is 0 Å². The summed E-state index contributed by atoms with van der Waals surface area (Å²) < 4.78 is 16.7. The number of carbonyl (C=O) groups is 1. The van der Waals surface area contributed by atoms with E-state index >= 15 is 0 Å². The summed E-state index contributed by atoms with van der Waals surface area (Å²) in [4.78, 5) is 27.5. The molecule has 0 saturated carbocycles. The Morgan fingerprint density at radius 1 is 1.26 bits per heavy atom. The van der Waals surface area contributed by atoms with Crippen LogP contribution in [0.5, 0.6) is 5.75 Å². The number of anilines is 1. The quantitative estimate of drug-likeness (QED) is 0.576. The van der Waals surface area contributed by atoms with E-state index in [2.05, 4.69) is 4.98 Å². The summed E-state index contributed by atoms with van der Waals surface area (Å²) in [6.45, 7) is -0.309. The topological polar surface area (TPSA) is 146 Å². The molecule has 2 heterocycles. The van der Waals surface area contributed by atoms with Gasteiger partial charge in [0.15, 0.2) is 6.23 Å². The molecular formula is C17H19N3O7. The molecule has 0 aliphatic carbocycles. The number of nitrogens with two attached hydrogens (primary N) is 1. The number of nitrogen functional groups attached to an aromatic ring is 1. The second kappa shape index (κ2) is 7.74. The van der Waals surface area contributed by atoms with Crippen LogP contribution in [0.1, 0.15) is 16.6 Å². The van der Waals surface area contributed by atoms with Gasteiger partial charge >= 0.3 is 11.7 Å². The van der Waals surface area contributed by atoms with Gasteiger partial charge in [-0.05, 0) is 30.3 Å². The SMILES string of the molecule is COc1ccc(C(=O)OC[C@H]2O[C@@H](n3ccc(N)nc3=O)[C@@H](O)[C@@H]2O)cc1. The number of hydrogen-bond donors (Lipinski definition) is 3. The van der Waals surface area contributed by atoms with Crippen LogP contribution in [0.4, 0.5) is 5.82 Å². The molecule has 1 aromatic heterocycles. The van der Waals surface area contributed by atoms with Crippen LogP contribution in [-0.2, 0) is 9.47 Å². The van der Waals surface area contributed by atoms with Gasteiger partial charge in [0.25, 0.3) is 0 Å². The van der Waals surface area contributed by atoms with E-state index in [1.807, 2.05) is 0 Å². The largest absolute Gasteiger partial charge is 0.497 e. The van der Waals surface area contributed by atoms with E-state index in [0.717, 1.165) is 4.57 Å². The van der Waals surface area contributed by atoms with Crippen molar-refractivity contribution >= 4 is 11.8 Å². The van der Waals surface area contributed by atoms with Gasteiger partial charge in [0.2, 0.25) is 0 Å². The zero-order valence-corrected chi connectivity index (χ0v) is 14.4. The van der Waals surface area contributed by atoms with Gasteiger partial charge in [0, 0.05) is 6.20 Å². The maximum absolute atomic E-state index is 12.1. The summed E-state index contributed by atoms with van der Waals surface area (Å²) in [5.41, 5.74) is 4.98. The first-order valence-corrected chi connectivity index (χ1v) is 8.08. The Morgan fingerprint density at radius 3 is 2.59 bits per heavy atom. The number of aliphatic hydroxyl groups is 2. The number of aliphatic hydroxyl groups excluding tert-OH is 2. The number of rotatable bonds is 5. The Balaban J connectivity index is 1.65. The molecule has 2 aromatic rings. The fraction of sp³-hybridized carbons (Fsp3) is 0.353. The minimum atomic E-state index is -1.40. The van der Waals surface area contributed by atoms with E-state index in [4.69, 9.17) is 19.9 Å². The van der Waals surface area contributed by atoms with Crippen LogP contribution in [-0.4, -0.2) is 57.8 Å². The third-order valence-electron chi connectivity index (χ3n) is 4.17. The Labute approximate surface area is 153 Å². The molecule has 3 rings (SSSR count). The molecule has 1 aliphatic heterocycles. The molecule has 10 nitrogen and oxygen atoms in total. The third-order valence-corrected chi connectivity index (χ3v) is 4.17. The molecule has 1 saturated heterocycles. The molecule has 144 valence electrons. The van der Waals surface area contributed by atoms with Crippen molar-refractivity contribution in [1.82, 2.24) is 9.55 Å². The van der Waals surface area contributed by atoms with Gasteiger partial charge < -0.3 is 30.2 Å². The van der Waals surface area contributed by atoms with Gasteiger partial charge in [-0.25, -0.2) is 9.59 Å². The van der Waals surface area contributed by atoms with Crippen LogP contribution in [0.15, 0.2) is 41.3 Å². The molecule has 0 spiro atoms. The number of hydrogen-bond acceptors (Lipinski definition) is 9. The highest BCUT2D eigenvalue weighted by atomic mass is 16.6. The second-order valence-electron chi connectivity index (χ2n) is 5.92. The fourth-order valence-electron chi connectivity index (χ4n) is 2.68. The highest BCUT2D eigenvalue weighted by molar-refractivity contribution is 5.89. The Morgan fingerprint density at radius 2 is 1.96 bits per heavy atom. The molecule has 10 heteroatoms. The number of benzene rings is 1. The van der Waals surface area contributed by atoms with Crippen molar-refractivity contribution in [3.8, 4) is 5.75 Å². The average molecular weight is 377 g/mol. The standard InChI is InChI=1S/C17H19N3O7/c1-25-10-4-2-9(3-5-10)16(23)26-8-11-13(21)14(22)15(27-11)20-7-6-12(18)19-17(20)24/h2-7,11,13-15,21-22H,8H2,1H3,(H2,18,19,24)/t11-,13-,14+,15-/m1/s1. The Hall–Kier alpha value is -2.95. The zero-order valence-electron chi connectivity index (χ0n) is 14.4. The van der Waals surface area contributed by atoms with Crippen molar-refractivity contribution in [2.75, 3.05) is 19.5 Å². The number of aromatic nitrogens is 2. The van der Waals surface area contributed by atoms with Crippen LogP contribution in [0.3, 0.4) is 0 Å². The van der Waals surface area contributed by atoms with E-state index in [9.17, 15) is 19.8 Å². The predicted octanol–water partition coefficient (Wildman–Crippen LogP) is -0.690. The highest BCUT2D eigenvalue weighted by Crippen LogP contribution is 2.28. The van der Waals surface area contributed by atoms with Crippen molar-refractivity contribution in [3.05, 3.63) is 52.6 Å². The van der Waals surface area contributed by atoms with Gasteiger partial charge in [0.05, 0.1) is 12.7 Å². The van der Waals surface area contributed by atoms with Crippen molar-refractivity contribution < 1.29 is 29.2 Å². The number of carbonyl (C=O) groups excluding carboxylic acids is 1. The maximum Gasteiger partial charge on any atom is 0.351 e. The highest BCUT2D eigenvalue weighted by Gasteiger charge is 2.44. The predicted molar refractivity (Wildman–Crippen MR) is 92.1 cm³/mol. The van der Waals surface area contributed by atoms with E-state index in [-0.39, 0.29) is 12.4 Å². The van der Waals surface area contributed by atoms with Gasteiger partial charge in [-0.2, -0.15) is 4.98 Å². The maximum atomic E-state index is 12.1. The van der Waals surface area contributed by atoms with Crippen LogP contribution >= 0.6 is 0 Å². The molecule has 27 heavy (non-hydrogen) atoms. The van der Waals surface area contributed by atoms with Gasteiger partial charge in [-0.15, -0.1) is 0 Å². The first-order chi connectivity index (χ1) is 12.9. The van der Waals surface area contributed by atoms with E-state index in [1.54, 1.807) is 12.1 Å². The summed E-state index contributed by atoms with van der Waals surface area (Å²) in [5, 5.41) is 20.3. The van der Waals surface area contributed by atoms with Crippen LogP contribution < -0.4 is 16.2 Å². The van der Waals surface area contributed by atoms with Crippen molar-refractivity contribution in [2.24, 2.45) is 0 Å². The lowest BCUT2D eigenvalue weighted by Gasteiger charge is -2.16. The summed E-state index contributed by atoms with van der Waals surface area (Å²) in [6, 6.07) is 7.64. The first kappa shape index (κ1) is 18.8. The summed E-state index contributed by atoms with van der Waals surface area (Å²) in [6.07, 6.45) is -3.65. The monoisotopic (exact) mass is 377 g/mol. The molecule has 4 N–H and O–H groups in total. The number of esters is 1. The summed E-state index contributed by atoms with van der Waals surface area (Å²) in [7, 11) is 1.51. The van der Waals surface area contributed by atoms with Crippen molar-refractivity contribution in [1.29, 1.82) is 0 Å². The zero-order chi connectivity index (χ0) is 19.6. The molecule has 1 aromatic carbocycles. The third kappa shape index (κ3) is 3.92. The molecule has 0 amide bonds. The van der Waals surface area contributed by atoms with Crippen molar-refractivity contribution in [3.63, 3.8) is 0 Å². The molecule has 1 fully saturated rings. The first-order valence-electron chi connectivity index (χ1n) is 8.08. The summed E-state index contributed by atoms with van der Waals surface area (Å²) in [5.74, 6) is -0.0124. The smallest absolute Gasteiger partial charge is 0.351 e. The fourth-order valence-corrected chi connectivity index (χ4v) is 2.68. The van der Waals surface area contributed by atoms with E-state index in [1.165, 1.54) is 31.5 Å². The van der Waals surface area contributed by atoms with Gasteiger partial charge in [-0.1, -0.05) is 0 Å². The number of methoxy groups -OCH3 is 1. The van der Waals surface area contributed by atoms with Crippen LogP contribution in [0.2, 0.25) is 0 Å². The minimum Gasteiger partial charge on any atom is -0.497 e. The Kier molecular flexibility index (Phi) is 5.40. The van der Waals surface area contributed by atoms with Crippen LogP contribution in [0, 0.1) is 0 Å². The molecule has 0 unspecified atom stereocenters. The van der Waals surface area contributed by atoms with Gasteiger partial charge in [0.1, 0.15) is 36.5 Å². The average Bonchev–Trinajstić information content (AvgIpc) is 2.94. The molecule has 0 radical (unpaired) electrons. The molecular weight excluding hydrogens is 358 g/mol. The Bertz CT molecular complexity index is 868. The van der Waals surface area contributed by atoms with E-state index < -0.39 is 36.2 Å². The normalized spacial score (nSPS) is 24.6. The molecule has 4 atom stereocenters. The lowest BCUT2D eigenvalue weighted by molar-refractivity contribution is -0.0598. The minimum absolute atomic E-state index is 0.0225. The lowest BCUT2D eigenvalue weighted by atomic mass is 10.1. The van der Waals surface area contributed by atoms with E-state index in [0.29, 0.717) is 11.3 Å². The lowest BCUT2D eigenvalue weighted by Crippen LogP contribution is -2.36. The molecule has 0 bridgehead atoms. The van der Waals surface area contributed by atoms with Gasteiger partial charge in [-0.3, -0.25) is 4.57 Å². The number of ether oxygens (including phenoxy) is 3. The second-order valence-corrected chi connectivity index (χ2v) is 5.92. The van der Waals surface area contributed by atoms with Crippen molar-refractivity contribution in [2.45, 2.75) is 24.5 Å². The molecule has 1 aliphatic rings. The number of nitrogens with zero attached hydrogens (tertiary/aromatic N) is 2. The summed E-state index contributed by atoms with van der Waals surface area (Å²) >= 11 is 0.